The van der Waals surface area contributed by atoms with Gasteiger partial charge in [0.15, 0.2) is 0 Å². The SMILES string of the molecule is NCc1nnc(SCc2nnc(-c3ccccc3Br)o2)o1. The van der Waals surface area contributed by atoms with Crippen LogP contribution in [0.1, 0.15) is 11.8 Å². The third-order valence-electron chi connectivity index (χ3n) is 2.51. The lowest BCUT2D eigenvalue weighted by Crippen LogP contribution is -1.95. The number of thioether (sulfide) groups is 1. The van der Waals surface area contributed by atoms with Crippen LogP contribution in [0.5, 0.6) is 0 Å². The minimum atomic E-state index is 0.223. The first kappa shape index (κ1) is 14.2. The molecule has 0 saturated heterocycles. The maximum absolute atomic E-state index is 5.62. The van der Waals surface area contributed by atoms with Crippen molar-refractivity contribution in [1.29, 1.82) is 0 Å². The van der Waals surface area contributed by atoms with E-state index in [9.17, 15) is 0 Å². The number of benzene rings is 1. The van der Waals surface area contributed by atoms with Crippen LogP contribution < -0.4 is 5.73 Å². The molecule has 2 aromatic heterocycles. The smallest absolute Gasteiger partial charge is 0.277 e. The number of rotatable bonds is 5. The summed E-state index contributed by atoms with van der Waals surface area (Å²) in [7, 11) is 0. The molecular formula is C12H10BrN5O2S. The summed E-state index contributed by atoms with van der Waals surface area (Å²) in [5.74, 6) is 1.80. The van der Waals surface area contributed by atoms with E-state index in [4.69, 9.17) is 14.6 Å². The summed E-state index contributed by atoms with van der Waals surface area (Å²) in [6.07, 6.45) is 0. The fourth-order valence-corrected chi connectivity index (χ4v) is 2.63. The first-order chi connectivity index (χ1) is 10.3. The zero-order valence-electron chi connectivity index (χ0n) is 10.7. The Hall–Kier alpha value is -1.71. The van der Waals surface area contributed by atoms with E-state index in [-0.39, 0.29) is 6.54 Å². The van der Waals surface area contributed by atoms with Gasteiger partial charge in [-0.2, -0.15) is 0 Å². The van der Waals surface area contributed by atoms with Crippen LogP contribution in [0.25, 0.3) is 11.5 Å². The fourth-order valence-electron chi connectivity index (χ4n) is 1.56. The second-order valence-corrected chi connectivity index (χ2v) is 5.72. The number of hydrogen-bond acceptors (Lipinski definition) is 8. The van der Waals surface area contributed by atoms with Crippen LogP contribution in [0.3, 0.4) is 0 Å². The van der Waals surface area contributed by atoms with Gasteiger partial charge in [-0.25, -0.2) is 0 Å². The molecule has 2 N–H and O–H groups in total. The van der Waals surface area contributed by atoms with Crippen molar-refractivity contribution in [2.75, 3.05) is 0 Å². The predicted molar refractivity (Wildman–Crippen MR) is 79.2 cm³/mol. The highest BCUT2D eigenvalue weighted by atomic mass is 79.9. The molecule has 0 radical (unpaired) electrons. The quantitative estimate of drug-likeness (QED) is 0.686. The van der Waals surface area contributed by atoms with Gasteiger partial charge in [0, 0.05) is 4.47 Å². The molecule has 0 aliphatic rings. The lowest BCUT2D eigenvalue weighted by Gasteiger charge is -1.97. The molecule has 0 bridgehead atoms. The largest absolute Gasteiger partial charge is 0.420 e. The Morgan fingerprint density at radius 2 is 1.86 bits per heavy atom. The maximum atomic E-state index is 5.62. The van der Waals surface area contributed by atoms with Gasteiger partial charge in [0.1, 0.15) is 0 Å². The van der Waals surface area contributed by atoms with E-state index in [2.05, 4.69) is 36.3 Å². The maximum Gasteiger partial charge on any atom is 0.277 e. The van der Waals surface area contributed by atoms with Crippen molar-refractivity contribution in [1.82, 2.24) is 20.4 Å². The third kappa shape index (κ3) is 3.31. The van der Waals surface area contributed by atoms with E-state index in [1.165, 1.54) is 11.8 Å². The summed E-state index contributed by atoms with van der Waals surface area (Å²) in [6.45, 7) is 0.223. The minimum absolute atomic E-state index is 0.223. The van der Waals surface area contributed by atoms with Gasteiger partial charge in [-0.15, -0.1) is 20.4 Å². The van der Waals surface area contributed by atoms with E-state index >= 15 is 0 Å². The average molecular weight is 368 g/mol. The van der Waals surface area contributed by atoms with E-state index in [1.807, 2.05) is 24.3 Å². The predicted octanol–water partition coefficient (Wildman–Crippen LogP) is 2.63. The summed E-state index contributed by atoms with van der Waals surface area (Å²) < 4.78 is 11.8. The molecule has 0 fully saturated rings. The topological polar surface area (TPSA) is 104 Å². The molecule has 9 heteroatoms. The molecule has 0 saturated carbocycles. The van der Waals surface area contributed by atoms with E-state index in [0.29, 0.717) is 28.6 Å². The number of hydrogen-bond donors (Lipinski definition) is 1. The van der Waals surface area contributed by atoms with Crippen LogP contribution in [0.2, 0.25) is 0 Å². The molecule has 108 valence electrons. The summed E-state index contributed by atoms with van der Waals surface area (Å²) in [4.78, 5) is 0. The molecule has 0 spiro atoms. The van der Waals surface area contributed by atoms with Crippen LogP contribution in [0, 0.1) is 0 Å². The van der Waals surface area contributed by atoms with Crippen molar-refractivity contribution in [3.05, 3.63) is 40.5 Å². The van der Waals surface area contributed by atoms with Crippen molar-refractivity contribution < 1.29 is 8.83 Å². The van der Waals surface area contributed by atoms with Crippen molar-refractivity contribution in [3.63, 3.8) is 0 Å². The second-order valence-electron chi connectivity index (χ2n) is 3.94. The second kappa shape index (κ2) is 6.37. The van der Waals surface area contributed by atoms with Crippen LogP contribution in [-0.2, 0) is 12.3 Å². The number of halogens is 1. The molecular weight excluding hydrogens is 358 g/mol. The zero-order valence-corrected chi connectivity index (χ0v) is 13.1. The molecule has 2 heterocycles. The highest BCUT2D eigenvalue weighted by Crippen LogP contribution is 2.28. The van der Waals surface area contributed by atoms with Gasteiger partial charge >= 0.3 is 0 Å². The zero-order chi connectivity index (χ0) is 14.7. The van der Waals surface area contributed by atoms with Gasteiger partial charge in [0.2, 0.25) is 17.7 Å². The van der Waals surface area contributed by atoms with Gasteiger partial charge in [-0.3, -0.25) is 0 Å². The average Bonchev–Trinajstić information content (AvgIpc) is 3.14. The Kier molecular flexibility index (Phi) is 4.32. The molecule has 1 aromatic carbocycles. The molecule has 0 atom stereocenters. The Morgan fingerprint density at radius 1 is 1.05 bits per heavy atom. The highest BCUT2D eigenvalue weighted by molar-refractivity contribution is 9.10. The molecule has 0 amide bonds. The van der Waals surface area contributed by atoms with E-state index in [1.54, 1.807) is 0 Å². The van der Waals surface area contributed by atoms with Gasteiger partial charge in [0.25, 0.3) is 5.22 Å². The minimum Gasteiger partial charge on any atom is -0.420 e. The normalized spacial score (nSPS) is 11.0. The van der Waals surface area contributed by atoms with Gasteiger partial charge in [0.05, 0.1) is 17.9 Å². The molecule has 3 aromatic rings. The third-order valence-corrected chi connectivity index (χ3v) is 4.01. The Morgan fingerprint density at radius 3 is 2.62 bits per heavy atom. The standard InChI is InChI=1S/C12H10BrN5O2S/c13-8-4-2-1-3-7(8)11-17-16-10(19-11)6-21-12-18-15-9(5-14)20-12/h1-4H,5-6,14H2. The summed E-state index contributed by atoms with van der Waals surface area (Å²) in [5, 5.41) is 16.1. The highest BCUT2D eigenvalue weighted by Gasteiger charge is 2.13. The summed E-state index contributed by atoms with van der Waals surface area (Å²) in [5.41, 5.74) is 6.25. The fraction of sp³-hybridized carbons (Fsp3) is 0.167. The van der Waals surface area contributed by atoms with Crippen LogP contribution in [-0.4, -0.2) is 20.4 Å². The lowest BCUT2D eigenvalue weighted by molar-refractivity contribution is 0.414. The molecule has 3 rings (SSSR count). The van der Waals surface area contributed by atoms with Crippen LogP contribution >= 0.6 is 27.7 Å². The Labute approximate surface area is 132 Å². The van der Waals surface area contributed by atoms with Crippen molar-refractivity contribution >= 4 is 27.7 Å². The van der Waals surface area contributed by atoms with Crippen LogP contribution in [0.15, 0.2) is 42.8 Å². The monoisotopic (exact) mass is 367 g/mol. The van der Waals surface area contributed by atoms with Gasteiger partial charge < -0.3 is 14.6 Å². The number of aromatic nitrogens is 4. The Balaban J connectivity index is 1.69. The summed E-state index contributed by atoms with van der Waals surface area (Å²) in [6, 6.07) is 7.65. The summed E-state index contributed by atoms with van der Waals surface area (Å²) >= 11 is 4.77. The van der Waals surface area contributed by atoms with Crippen LogP contribution in [0.4, 0.5) is 0 Å². The number of nitrogens with zero attached hydrogens (tertiary/aromatic N) is 4. The van der Waals surface area contributed by atoms with Gasteiger partial charge in [-0.1, -0.05) is 23.9 Å². The van der Waals surface area contributed by atoms with E-state index < -0.39 is 0 Å². The molecule has 21 heavy (non-hydrogen) atoms. The molecule has 0 aliphatic heterocycles. The van der Waals surface area contributed by atoms with Crippen molar-refractivity contribution in [2.45, 2.75) is 17.5 Å². The molecule has 0 unspecified atom stereocenters. The van der Waals surface area contributed by atoms with Crippen molar-refractivity contribution in [2.24, 2.45) is 5.73 Å². The Bertz CT molecular complexity index is 745. The van der Waals surface area contributed by atoms with Gasteiger partial charge in [-0.05, 0) is 28.1 Å². The lowest BCUT2D eigenvalue weighted by atomic mass is 10.2. The number of nitrogens with two attached hydrogens (primary N) is 1. The van der Waals surface area contributed by atoms with Crippen molar-refractivity contribution in [3.8, 4) is 11.5 Å². The first-order valence-corrected chi connectivity index (χ1v) is 7.76. The first-order valence-electron chi connectivity index (χ1n) is 5.99. The molecule has 7 nitrogen and oxygen atoms in total. The van der Waals surface area contributed by atoms with E-state index in [0.717, 1.165) is 10.0 Å². The molecule has 0 aliphatic carbocycles.